The number of H-pyrrole nitrogens is 1. The number of aromatic nitrogens is 1. The Morgan fingerprint density at radius 3 is 2.46 bits per heavy atom. The lowest BCUT2D eigenvalue weighted by molar-refractivity contribution is -0.0212. The van der Waals surface area contributed by atoms with Gasteiger partial charge >= 0.3 is 0 Å². The molecule has 0 bridgehead atoms. The van der Waals surface area contributed by atoms with E-state index < -0.39 is 5.60 Å². The van der Waals surface area contributed by atoms with Crippen LogP contribution in [-0.4, -0.2) is 39.1 Å². The number of hydrogen-bond donors (Lipinski definition) is 3. The third kappa shape index (κ3) is 3.04. The average Bonchev–Trinajstić information content (AvgIpc) is 3.05. The molecule has 0 spiro atoms. The summed E-state index contributed by atoms with van der Waals surface area (Å²) in [5.74, 6) is 0.0585. The number of benzene rings is 2. The lowest BCUT2D eigenvalue weighted by Crippen LogP contribution is -2.45. The number of aliphatic hydroxyl groups is 1. The number of amides is 1. The number of rotatable bonds is 2. The zero-order chi connectivity index (χ0) is 18.3. The van der Waals surface area contributed by atoms with Gasteiger partial charge in [-0.15, -0.1) is 0 Å². The van der Waals surface area contributed by atoms with E-state index in [1.165, 1.54) is 0 Å². The molecule has 1 fully saturated rings. The summed E-state index contributed by atoms with van der Waals surface area (Å²) in [6, 6.07) is 14.0. The highest BCUT2D eigenvalue weighted by molar-refractivity contribution is 6.30. The summed E-state index contributed by atoms with van der Waals surface area (Å²) in [5, 5.41) is 22.0. The predicted molar refractivity (Wildman–Crippen MR) is 100 cm³/mol. The molecule has 1 saturated heterocycles. The summed E-state index contributed by atoms with van der Waals surface area (Å²) >= 11 is 5.92. The van der Waals surface area contributed by atoms with Crippen molar-refractivity contribution in [1.82, 2.24) is 9.88 Å². The van der Waals surface area contributed by atoms with Crippen molar-refractivity contribution in [3.63, 3.8) is 0 Å². The number of aromatic amines is 1. The van der Waals surface area contributed by atoms with Crippen molar-refractivity contribution in [2.24, 2.45) is 0 Å². The highest BCUT2D eigenvalue weighted by Crippen LogP contribution is 2.34. The number of hydrogen-bond acceptors (Lipinski definition) is 3. The molecular formula is C20H19ClN2O3. The number of carbonyl (C=O) groups is 1. The zero-order valence-electron chi connectivity index (χ0n) is 14.1. The Balaban J connectivity index is 1.49. The van der Waals surface area contributed by atoms with Gasteiger partial charge in [0.15, 0.2) is 0 Å². The number of aromatic hydroxyl groups is 1. The fourth-order valence-electron chi connectivity index (χ4n) is 3.53. The van der Waals surface area contributed by atoms with Gasteiger partial charge in [-0.1, -0.05) is 23.7 Å². The molecule has 3 aromatic rings. The van der Waals surface area contributed by atoms with Gasteiger partial charge in [0.2, 0.25) is 0 Å². The molecule has 1 amide bonds. The van der Waals surface area contributed by atoms with Gasteiger partial charge in [0.05, 0.1) is 5.60 Å². The number of fused-ring (bicyclic) bond motifs is 1. The Morgan fingerprint density at radius 1 is 1.08 bits per heavy atom. The van der Waals surface area contributed by atoms with Crippen molar-refractivity contribution in [2.75, 3.05) is 13.1 Å². The molecule has 0 aliphatic carbocycles. The standard InChI is InChI=1S/C20H19ClN2O3/c21-15-4-2-14(3-5-15)20(26)7-9-23(10-8-20)19(25)18-11-13-1-6-16(24)12-17(13)22-18/h1-6,11-12,22,24,26H,7-10H2. The summed E-state index contributed by atoms with van der Waals surface area (Å²) < 4.78 is 0. The van der Waals surface area contributed by atoms with Crippen LogP contribution in [0.2, 0.25) is 5.02 Å². The Labute approximate surface area is 155 Å². The number of carbonyl (C=O) groups excluding carboxylic acids is 1. The molecule has 3 N–H and O–H groups in total. The molecule has 0 atom stereocenters. The van der Waals surface area contributed by atoms with Crippen LogP contribution in [0, 0.1) is 0 Å². The minimum Gasteiger partial charge on any atom is -0.508 e. The first-order valence-corrected chi connectivity index (χ1v) is 8.92. The minimum absolute atomic E-state index is 0.0983. The van der Waals surface area contributed by atoms with Gasteiger partial charge in [-0.2, -0.15) is 0 Å². The monoisotopic (exact) mass is 370 g/mol. The second-order valence-corrected chi connectivity index (χ2v) is 7.22. The largest absolute Gasteiger partial charge is 0.508 e. The lowest BCUT2D eigenvalue weighted by atomic mass is 9.84. The molecule has 1 aromatic heterocycles. The molecule has 26 heavy (non-hydrogen) atoms. The normalized spacial score (nSPS) is 16.8. The third-order valence-electron chi connectivity index (χ3n) is 5.10. The quantitative estimate of drug-likeness (QED) is 0.644. The van der Waals surface area contributed by atoms with E-state index in [2.05, 4.69) is 4.98 Å². The van der Waals surface area contributed by atoms with Crippen LogP contribution in [0.25, 0.3) is 10.9 Å². The summed E-state index contributed by atoms with van der Waals surface area (Å²) in [7, 11) is 0. The first-order chi connectivity index (χ1) is 12.4. The zero-order valence-corrected chi connectivity index (χ0v) is 14.8. The van der Waals surface area contributed by atoms with E-state index in [1.807, 2.05) is 12.1 Å². The topological polar surface area (TPSA) is 76.6 Å². The van der Waals surface area contributed by atoms with Gasteiger partial charge < -0.3 is 20.1 Å². The van der Waals surface area contributed by atoms with Crippen LogP contribution < -0.4 is 0 Å². The number of nitrogens with one attached hydrogen (secondary N) is 1. The number of halogens is 1. The van der Waals surface area contributed by atoms with Crippen molar-refractivity contribution in [3.05, 3.63) is 64.8 Å². The maximum atomic E-state index is 12.8. The van der Waals surface area contributed by atoms with Gasteiger partial charge in [0.25, 0.3) is 5.91 Å². The molecule has 5 nitrogen and oxygen atoms in total. The molecule has 2 heterocycles. The molecule has 0 unspecified atom stereocenters. The predicted octanol–water partition coefficient (Wildman–Crippen LogP) is 3.65. The number of phenols is 1. The Morgan fingerprint density at radius 2 is 1.77 bits per heavy atom. The van der Waals surface area contributed by atoms with Crippen molar-refractivity contribution in [3.8, 4) is 5.75 Å². The van der Waals surface area contributed by atoms with E-state index in [-0.39, 0.29) is 11.7 Å². The van der Waals surface area contributed by atoms with Gasteiger partial charge in [-0.3, -0.25) is 4.79 Å². The maximum absolute atomic E-state index is 12.8. The van der Waals surface area contributed by atoms with Gasteiger partial charge in [0.1, 0.15) is 11.4 Å². The minimum atomic E-state index is -0.937. The summed E-state index contributed by atoms with van der Waals surface area (Å²) in [6.07, 6.45) is 0.947. The van der Waals surface area contributed by atoms with Gasteiger partial charge in [-0.05, 0) is 48.7 Å². The smallest absolute Gasteiger partial charge is 0.270 e. The van der Waals surface area contributed by atoms with Crippen molar-refractivity contribution < 1.29 is 15.0 Å². The van der Waals surface area contributed by atoms with Gasteiger partial charge in [0, 0.05) is 35.1 Å². The molecule has 6 heteroatoms. The summed E-state index contributed by atoms with van der Waals surface area (Å²) in [4.78, 5) is 17.6. The summed E-state index contributed by atoms with van der Waals surface area (Å²) in [5.41, 5.74) is 1.11. The van der Waals surface area contributed by atoms with Crippen LogP contribution in [0.15, 0.2) is 48.5 Å². The van der Waals surface area contributed by atoms with E-state index in [4.69, 9.17) is 11.6 Å². The maximum Gasteiger partial charge on any atom is 0.270 e. The van der Waals surface area contributed by atoms with Crippen molar-refractivity contribution in [2.45, 2.75) is 18.4 Å². The highest BCUT2D eigenvalue weighted by Gasteiger charge is 2.35. The molecule has 2 aromatic carbocycles. The molecule has 1 aliphatic heterocycles. The third-order valence-corrected chi connectivity index (χ3v) is 5.35. The van der Waals surface area contributed by atoms with E-state index in [0.717, 1.165) is 16.5 Å². The van der Waals surface area contributed by atoms with Crippen LogP contribution in [-0.2, 0) is 5.60 Å². The lowest BCUT2D eigenvalue weighted by Gasteiger charge is -2.38. The fourth-order valence-corrected chi connectivity index (χ4v) is 3.66. The van der Waals surface area contributed by atoms with Crippen molar-refractivity contribution in [1.29, 1.82) is 0 Å². The van der Waals surface area contributed by atoms with E-state index in [0.29, 0.717) is 36.6 Å². The molecule has 1 aliphatic rings. The second-order valence-electron chi connectivity index (χ2n) is 6.79. The fraction of sp³-hybridized carbons (Fsp3) is 0.250. The van der Waals surface area contributed by atoms with Crippen LogP contribution in [0.3, 0.4) is 0 Å². The first kappa shape index (κ1) is 16.9. The Hall–Kier alpha value is -2.50. The Bertz CT molecular complexity index is 957. The van der Waals surface area contributed by atoms with E-state index in [9.17, 15) is 15.0 Å². The second kappa shape index (κ2) is 6.34. The highest BCUT2D eigenvalue weighted by atomic mass is 35.5. The van der Waals surface area contributed by atoms with Crippen LogP contribution in [0.4, 0.5) is 0 Å². The van der Waals surface area contributed by atoms with Gasteiger partial charge in [-0.25, -0.2) is 0 Å². The van der Waals surface area contributed by atoms with Crippen LogP contribution in [0.5, 0.6) is 5.75 Å². The molecule has 134 valence electrons. The molecular weight excluding hydrogens is 352 g/mol. The number of phenolic OH excluding ortho intramolecular Hbond substituents is 1. The molecule has 0 saturated carbocycles. The van der Waals surface area contributed by atoms with Crippen LogP contribution in [0.1, 0.15) is 28.9 Å². The van der Waals surface area contributed by atoms with E-state index >= 15 is 0 Å². The number of likely N-dealkylation sites (tertiary alicyclic amines) is 1. The molecule has 4 rings (SSSR count). The molecule has 0 radical (unpaired) electrons. The van der Waals surface area contributed by atoms with E-state index in [1.54, 1.807) is 41.3 Å². The SMILES string of the molecule is O=C(c1cc2ccc(O)cc2[nH]1)N1CCC(O)(c2ccc(Cl)cc2)CC1. The Kier molecular flexibility index (Phi) is 4.13. The van der Waals surface area contributed by atoms with Crippen molar-refractivity contribution >= 4 is 28.4 Å². The number of piperidine rings is 1. The first-order valence-electron chi connectivity index (χ1n) is 8.54. The van der Waals surface area contributed by atoms with Crippen LogP contribution >= 0.6 is 11.6 Å². The number of nitrogens with zero attached hydrogens (tertiary/aromatic N) is 1. The average molecular weight is 371 g/mol. The summed E-state index contributed by atoms with van der Waals surface area (Å²) in [6.45, 7) is 0.942.